The minimum atomic E-state index is 0.0649. The normalized spacial score (nSPS) is 22.5. The van der Waals surface area contributed by atoms with Crippen molar-refractivity contribution in [3.8, 4) is 0 Å². The molecule has 1 amide bonds. The first-order chi connectivity index (χ1) is 11.2. The molecule has 2 aromatic rings. The molecule has 4 heteroatoms. The fraction of sp³-hybridized carbons (Fsp3) is 0.421. The minimum Gasteiger partial charge on any atom is -0.348 e. The van der Waals surface area contributed by atoms with Gasteiger partial charge in [0.1, 0.15) is 0 Å². The van der Waals surface area contributed by atoms with E-state index in [1.165, 1.54) is 10.4 Å². The summed E-state index contributed by atoms with van der Waals surface area (Å²) in [5, 5.41) is 8.79. The van der Waals surface area contributed by atoms with Crippen molar-refractivity contribution in [3.05, 3.63) is 58.3 Å². The second-order valence-electron chi connectivity index (χ2n) is 6.34. The van der Waals surface area contributed by atoms with Crippen LogP contribution in [0.5, 0.6) is 0 Å². The minimum absolute atomic E-state index is 0.0649. The van der Waals surface area contributed by atoms with Gasteiger partial charge in [-0.15, -0.1) is 11.3 Å². The van der Waals surface area contributed by atoms with Gasteiger partial charge in [-0.3, -0.25) is 4.79 Å². The van der Waals surface area contributed by atoms with E-state index < -0.39 is 0 Å². The lowest BCUT2D eigenvalue weighted by Crippen LogP contribution is -2.43. The third-order valence-electron chi connectivity index (χ3n) is 4.48. The van der Waals surface area contributed by atoms with Crippen LogP contribution in [0.1, 0.15) is 36.2 Å². The van der Waals surface area contributed by atoms with Gasteiger partial charge in [0.25, 0.3) is 0 Å². The molecule has 0 radical (unpaired) electrons. The summed E-state index contributed by atoms with van der Waals surface area (Å²) in [4.78, 5) is 13.9. The van der Waals surface area contributed by atoms with Gasteiger partial charge in [-0.1, -0.05) is 36.4 Å². The number of carbonyl (C=O) groups is 1. The molecule has 1 aromatic carbocycles. The van der Waals surface area contributed by atoms with Gasteiger partial charge in [0.05, 0.1) is 6.04 Å². The number of hydrogen-bond donors (Lipinski definition) is 2. The van der Waals surface area contributed by atoms with E-state index in [1.807, 2.05) is 6.07 Å². The number of thiophene rings is 1. The second-order valence-corrected chi connectivity index (χ2v) is 7.32. The third-order valence-corrected chi connectivity index (χ3v) is 5.47. The number of nitrogens with one attached hydrogen (secondary N) is 2. The zero-order valence-corrected chi connectivity index (χ0v) is 14.3. The van der Waals surface area contributed by atoms with Crippen molar-refractivity contribution >= 4 is 17.2 Å². The highest BCUT2D eigenvalue weighted by Gasteiger charge is 2.27. The summed E-state index contributed by atoms with van der Waals surface area (Å²) in [5.74, 6) is 0.331. The summed E-state index contributed by atoms with van der Waals surface area (Å²) in [6.07, 6.45) is 2.70. The topological polar surface area (TPSA) is 41.1 Å². The van der Waals surface area contributed by atoms with Crippen LogP contribution in [-0.2, 0) is 11.2 Å². The van der Waals surface area contributed by atoms with E-state index in [2.05, 4.69) is 59.3 Å². The third kappa shape index (κ3) is 4.43. The van der Waals surface area contributed by atoms with Gasteiger partial charge in [0.15, 0.2) is 0 Å². The van der Waals surface area contributed by atoms with Crippen LogP contribution in [0, 0.1) is 5.92 Å². The zero-order chi connectivity index (χ0) is 16.1. The fourth-order valence-corrected chi connectivity index (χ4v) is 4.00. The lowest BCUT2D eigenvalue weighted by molar-refractivity contribution is -0.126. The summed E-state index contributed by atoms with van der Waals surface area (Å²) in [6.45, 7) is 3.09. The van der Waals surface area contributed by atoms with Crippen LogP contribution in [0.3, 0.4) is 0 Å². The summed E-state index contributed by atoms with van der Waals surface area (Å²) in [5.41, 5.74) is 1.25. The van der Waals surface area contributed by atoms with Gasteiger partial charge in [0.2, 0.25) is 5.91 Å². The van der Waals surface area contributed by atoms with Crippen LogP contribution in [0.25, 0.3) is 0 Å². The summed E-state index contributed by atoms with van der Waals surface area (Å²) in [7, 11) is 0. The van der Waals surface area contributed by atoms with E-state index in [0.717, 1.165) is 25.8 Å². The van der Waals surface area contributed by atoms with Gasteiger partial charge < -0.3 is 10.6 Å². The first-order valence-corrected chi connectivity index (χ1v) is 9.21. The van der Waals surface area contributed by atoms with Crippen molar-refractivity contribution < 1.29 is 4.79 Å². The molecule has 122 valence electrons. The van der Waals surface area contributed by atoms with E-state index in [-0.39, 0.29) is 17.9 Å². The molecule has 1 saturated heterocycles. The summed E-state index contributed by atoms with van der Waals surface area (Å²) >= 11 is 1.71. The second kappa shape index (κ2) is 7.75. The van der Waals surface area contributed by atoms with Crippen LogP contribution in [0.4, 0.5) is 0 Å². The number of piperidine rings is 1. The SMILES string of the molecule is C[C@H]1C[C@@H](C(=O)NC(Cc2ccccc2)c2cccs2)CCN1. The maximum Gasteiger partial charge on any atom is 0.223 e. The number of amides is 1. The molecule has 1 fully saturated rings. The fourth-order valence-electron chi connectivity index (χ4n) is 3.22. The van der Waals surface area contributed by atoms with E-state index in [9.17, 15) is 4.79 Å². The number of rotatable bonds is 5. The first kappa shape index (κ1) is 16.2. The molecule has 0 bridgehead atoms. The molecule has 3 rings (SSSR count). The first-order valence-electron chi connectivity index (χ1n) is 8.33. The number of benzene rings is 1. The molecule has 0 aliphatic carbocycles. The van der Waals surface area contributed by atoms with Gasteiger partial charge in [-0.25, -0.2) is 0 Å². The van der Waals surface area contributed by atoms with Crippen LogP contribution in [-0.4, -0.2) is 18.5 Å². The molecule has 1 aliphatic rings. The number of hydrogen-bond acceptors (Lipinski definition) is 3. The molecule has 2 N–H and O–H groups in total. The van der Waals surface area contributed by atoms with E-state index >= 15 is 0 Å². The standard InChI is InChI=1S/C19H24N2OS/c1-14-12-16(9-10-20-14)19(22)21-17(18-8-5-11-23-18)13-15-6-3-2-4-7-15/h2-8,11,14,16-17,20H,9-10,12-13H2,1H3,(H,21,22)/t14-,16-,17?/m0/s1. The smallest absolute Gasteiger partial charge is 0.223 e. The molecule has 1 aromatic heterocycles. The van der Waals surface area contributed by atoms with Crippen LogP contribution in [0.15, 0.2) is 47.8 Å². The monoisotopic (exact) mass is 328 g/mol. The Balaban J connectivity index is 1.70. The van der Waals surface area contributed by atoms with Crippen molar-refractivity contribution in [1.29, 1.82) is 0 Å². The molecule has 2 heterocycles. The van der Waals surface area contributed by atoms with Crippen molar-refractivity contribution in [2.24, 2.45) is 5.92 Å². The predicted molar refractivity (Wildman–Crippen MR) is 95.5 cm³/mol. The molecular weight excluding hydrogens is 304 g/mol. The molecule has 0 spiro atoms. The maximum atomic E-state index is 12.7. The Bertz CT molecular complexity index is 612. The van der Waals surface area contributed by atoms with Crippen LogP contribution in [0.2, 0.25) is 0 Å². The van der Waals surface area contributed by atoms with Gasteiger partial charge in [-0.2, -0.15) is 0 Å². The molecule has 3 nitrogen and oxygen atoms in total. The summed E-state index contributed by atoms with van der Waals surface area (Å²) in [6, 6.07) is 15.0. The maximum absolute atomic E-state index is 12.7. The molecular formula is C19H24N2OS. The predicted octanol–water partition coefficient (Wildman–Crippen LogP) is 3.54. The Morgan fingerprint density at radius 2 is 2.13 bits per heavy atom. The van der Waals surface area contributed by atoms with Crippen LogP contribution >= 0.6 is 11.3 Å². The Hall–Kier alpha value is -1.65. The molecule has 0 saturated carbocycles. The van der Waals surface area contributed by atoms with E-state index in [0.29, 0.717) is 6.04 Å². The highest BCUT2D eigenvalue weighted by atomic mass is 32.1. The quantitative estimate of drug-likeness (QED) is 0.881. The van der Waals surface area contributed by atoms with Gasteiger partial charge in [0, 0.05) is 16.8 Å². The molecule has 3 atom stereocenters. The Labute approximate surface area is 142 Å². The van der Waals surface area contributed by atoms with Gasteiger partial charge >= 0.3 is 0 Å². The Kier molecular flexibility index (Phi) is 5.47. The highest BCUT2D eigenvalue weighted by Crippen LogP contribution is 2.25. The largest absolute Gasteiger partial charge is 0.348 e. The molecule has 1 unspecified atom stereocenters. The van der Waals surface area contributed by atoms with E-state index in [1.54, 1.807) is 11.3 Å². The lowest BCUT2D eigenvalue weighted by atomic mass is 9.92. The average molecular weight is 328 g/mol. The average Bonchev–Trinajstić information content (AvgIpc) is 3.09. The van der Waals surface area contributed by atoms with Crippen LogP contribution < -0.4 is 10.6 Å². The molecule has 1 aliphatic heterocycles. The Morgan fingerprint density at radius 1 is 1.30 bits per heavy atom. The van der Waals surface area contributed by atoms with Crippen molar-refractivity contribution in [3.63, 3.8) is 0 Å². The highest BCUT2D eigenvalue weighted by molar-refractivity contribution is 7.10. The lowest BCUT2D eigenvalue weighted by Gasteiger charge is -2.29. The zero-order valence-electron chi connectivity index (χ0n) is 13.5. The van der Waals surface area contributed by atoms with E-state index in [4.69, 9.17) is 0 Å². The Morgan fingerprint density at radius 3 is 2.83 bits per heavy atom. The van der Waals surface area contributed by atoms with Gasteiger partial charge in [-0.05, 0) is 49.7 Å². The van der Waals surface area contributed by atoms with Crippen molar-refractivity contribution in [1.82, 2.24) is 10.6 Å². The summed E-state index contributed by atoms with van der Waals surface area (Å²) < 4.78 is 0. The van der Waals surface area contributed by atoms with Crippen molar-refractivity contribution in [2.75, 3.05) is 6.54 Å². The van der Waals surface area contributed by atoms with Crippen molar-refractivity contribution in [2.45, 2.75) is 38.3 Å². The number of carbonyl (C=O) groups excluding carboxylic acids is 1. The molecule has 23 heavy (non-hydrogen) atoms.